The van der Waals surface area contributed by atoms with Gasteiger partial charge in [0.1, 0.15) is 0 Å². The summed E-state index contributed by atoms with van der Waals surface area (Å²) in [6.07, 6.45) is -2.59. The highest BCUT2D eigenvalue weighted by atomic mass is 19.4. The van der Waals surface area contributed by atoms with Crippen molar-refractivity contribution < 1.29 is 18.3 Å². The third kappa shape index (κ3) is 3.74. The predicted octanol–water partition coefficient (Wildman–Crippen LogP) is 1.05. The summed E-state index contributed by atoms with van der Waals surface area (Å²) in [6.45, 7) is 1.08. The lowest BCUT2D eigenvalue weighted by atomic mass is 10.2. The summed E-state index contributed by atoms with van der Waals surface area (Å²) in [5, 5.41) is 11.3. The summed E-state index contributed by atoms with van der Waals surface area (Å²) >= 11 is 0. The van der Waals surface area contributed by atoms with E-state index in [4.69, 9.17) is 5.11 Å². The lowest BCUT2D eigenvalue weighted by molar-refractivity contribution is -0.202. The highest BCUT2D eigenvalue weighted by molar-refractivity contribution is 5.00. The van der Waals surface area contributed by atoms with Crippen molar-refractivity contribution in [1.82, 2.24) is 15.3 Å². The van der Waals surface area contributed by atoms with Crippen LogP contribution in [0.25, 0.3) is 0 Å². The van der Waals surface area contributed by atoms with Gasteiger partial charge in [-0.2, -0.15) is 13.2 Å². The predicted molar refractivity (Wildman–Crippen MR) is 50.5 cm³/mol. The second-order valence-corrected chi connectivity index (χ2v) is 3.32. The molecule has 0 saturated heterocycles. The number of nitrogens with zero attached hydrogens (tertiary/aromatic N) is 2. The Morgan fingerprint density at radius 3 is 2.62 bits per heavy atom. The van der Waals surface area contributed by atoms with Crippen molar-refractivity contribution in [1.29, 1.82) is 0 Å². The van der Waals surface area contributed by atoms with Crippen LogP contribution in [-0.2, 0) is 0 Å². The van der Waals surface area contributed by atoms with Gasteiger partial charge in [0.15, 0.2) is 6.10 Å². The molecule has 0 spiro atoms. The molecule has 2 N–H and O–H groups in total. The molecule has 7 heteroatoms. The number of alkyl halides is 3. The molecule has 0 fully saturated rings. The van der Waals surface area contributed by atoms with Crippen LogP contribution in [-0.4, -0.2) is 33.9 Å². The molecule has 0 aliphatic rings. The summed E-state index contributed by atoms with van der Waals surface area (Å²) in [7, 11) is 0. The number of halogens is 3. The van der Waals surface area contributed by atoms with Crippen LogP contribution in [0.2, 0.25) is 0 Å². The van der Waals surface area contributed by atoms with Crippen molar-refractivity contribution in [2.75, 3.05) is 6.54 Å². The largest absolute Gasteiger partial charge is 0.415 e. The Morgan fingerprint density at radius 1 is 1.44 bits per heavy atom. The second kappa shape index (κ2) is 5.22. The van der Waals surface area contributed by atoms with Gasteiger partial charge in [0.05, 0.1) is 5.69 Å². The minimum absolute atomic E-state index is 0.398. The smallest absolute Gasteiger partial charge is 0.382 e. The normalized spacial score (nSPS) is 15.8. The average molecular weight is 235 g/mol. The summed E-state index contributed by atoms with van der Waals surface area (Å²) in [5.41, 5.74) is 0.525. The fourth-order valence-electron chi connectivity index (χ4n) is 1.04. The fourth-order valence-corrected chi connectivity index (χ4v) is 1.04. The lowest BCUT2D eigenvalue weighted by Gasteiger charge is -2.18. The molecule has 0 radical (unpaired) electrons. The standard InChI is InChI=1S/C9H12F3N3O/c1-6(7-4-13-2-3-14-7)15-5-8(16)9(10,11)12/h2-4,6,8,15-16H,5H2,1H3. The van der Waals surface area contributed by atoms with E-state index in [9.17, 15) is 13.2 Å². The molecule has 90 valence electrons. The first-order valence-electron chi connectivity index (χ1n) is 4.65. The molecule has 4 nitrogen and oxygen atoms in total. The maximum atomic E-state index is 12.0. The monoisotopic (exact) mass is 235 g/mol. The van der Waals surface area contributed by atoms with Crippen molar-refractivity contribution in [2.24, 2.45) is 0 Å². The number of aliphatic hydroxyl groups excluding tert-OH is 1. The van der Waals surface area contributed by atoms with E-state index in [0.717, 1.165) is 0 Å². The second-order valence-electron chi connectivity index (χ2n) is 3.32. The van der Waals surface area contributed by atoms with Crippen LogP contribution in [0.3, 0.4) is 0 Å². The molecule has 1 aromatic rings. The van der Waals surface area contributed by atoms with Crippen LogP contribution >= 0.6 is 0 Å². The quantitative estimate of drug-likeness (QED) is 0.819. The molecule has 1 aromatic heterocycles. The topological polar surface area (TPSA) is 58.0 Å². The van der Waals surface area contributed by atoms with E-state index in [0.29, 0.717) is 5.69 Å². The minimum Gasteiger partial charge on any atom is -0.382 e. The van der Waals surface area contributed by atoms with Gasteiger partial charge in [-0.05, 0) is 6.92 Å². The number of nitrogens with one attached hydrogen (secondary N) is 1. The van der Waals surface area contributed by atoms with Crippen LogP contribution in [0.5, 0.6) is 0 Å². The Morgan fingerprint density at radius 2 is 2.12 bits per heavy atom. The van der Waals surface area contributed by atoms with Crippen LogP contribution < -0.4 is 5.32 Å². The SMILES string of the molecule is CC(NCC(O)C(F)(F)F)c1cnccn1. The summed E-state index contributed by atoms with van der Waals surface area (Å²) in [5.74, 6) is 0. The van der Waals surface area contributed by atoms with E-state index in [2.05, 4.69) is 15.3 Å². The van der Waals surface area contributed by atoms with E-state index >= 15 is 0 Å². The molecule has 0 aromatic carbocycles. The third-order valence-electron chi connectivity index (χ3n) is 2.02. The third-order valence-corrected chi connectivity index (χ3v) is 2.02. The first kappa shape index (κ1) is 12.9. The maximum Gasteiger partial charge on any atom is 0.415 e. The van der Waals surface area contributed by atoms with Gasteiger partial charge in [0.2, 0.25) is 0 Å². The Kier molecular flexibility index (Phi) is 4.19. The molecule has 1 rings (SSSR count). The van der Waals surface area contributed by atoms with Crippen molar-refractivity contribution in [2.45, 2.75) is 25.2 Å². The van der Waals surface area contributed by atoms with Gasteiger partial charge in [-0.1, -0.05) is 0 Å². The zero-order chi connectivity index (χ0) is 12.2. The Labute approximate surface area is 90.5 Å². The van der Waals surface area contributed by atoms with E-state index in [1.165, 1.54) is 18.6 Å². The van der Waals surface area contributed by atoms with E-state index in [-0.39, 0.29) is 0 Å². The molecule has 16 heavy (non-hydrogen) atoms. The van der Waals surface area contributed by atoms with Crippen molar-refractivity contribution >= 4 is 0 Å². The Balaban J connectivity index is 2.45. The van der Waals surface area contributed by atoms with Crippen molar-refractivity contribution in [3.05, 3.63) is 24.3 Å². The van der Waals surface area contributed by atoms with Crippen molar-refractivity contribution in [3.63, 3.8) is 0 Å². The number of rotatable bonds is 4. The molecular weight excluding hydrogens is 223 g/mol. The van der Waals surface area contributed by atoms with Gasteiger partial charge in [0, 0.05) is 31.2 Å². The van der Waals surface area contributed by atoms with Crippen LogP contribution in [0.15, 0.2) is 18.6 Å². The van der Waals surface area contributed by atoms with E-state index in [1.54, 1.807) is 6.92 Å². The zero-order valence-electron chi connectivity index (χ0n) is 8.57. The summed E-state index contributed by atoms with van der Waals surface area (Å²) in [4.78, 5) is 7.73. The first-order chi connectivity index (χ1) is 7.41. The molecule has 0 aliphatic heterocycles. The van der Waals surface area contributed by atoms with E-state index in [1.807, 2.05) is 0 Å². The summed E-state index contributed by atoms with van der Waals surface area (Å²) in [6, 6.07) is -0.398. The molecule has 1 heterocycles. The Hall–Kier alpha value is -1.21. The lowest BCUT2D eigenvalue weighted by Crippen LogP contribution is -2.39. The molecule has 0 bridgehead atoms. The molecule has 2 atom stereocenters. The van der Waals surface area contributed by atoms with Gasteiger partial charge in [-0.15, -0.1) is 0 Å². The number of aromatic nitrogens is 2. The molecular formula is C9H12F3N3O. The van der Waals surface area contributed by atoms with Crippen LogP contribution in [0, 0.1) is 0 Å². The summed E-state index contributed by atoms with van der Waals surface area (Å²) < 4.78 is 36.0. The van der Waals surface area contributed by atoms with Gasteiger partial charge in [0.25, 0.3) is 0 Å². The molecule has 0 saturated carbocycles. The van der Waals surface area contributed by atoms with Gasteiger partial charge >= 0.3 is 6.18 Å². The maximum absolute atomic E-state index is 12.0. The highest BCUT2D eigenvalue weighted by Crippen LogP contribution is 2.20. The Bertz CT molecular complexity index is 318. The average Bonchev–Trinajstić information content (AvgIpc) is 2.25. The van der Waals surface area contributed by atoms with Gasteiger partial charge in [-0.3, -0.25) is 9.97 Å². The number of hydrogen-bond donors (Lipinski definition) is 2. The van der Waals surface area contributed by atoms with Crippen molar-refractivity contribution in [3.8, 4) is 0 Å². The number of hydrogen-bond acceptors (Lipinski definition) is 4. The molecule has 2 unspecified atom stereocenters. The molecule has 0 aliphatic carbocycles. The van der Waals surface area contributed by atoms with Gasteiger partial charge in [-0.25, -0.2) is 0 Å². The van der Waals surface area contributed by atoms with Crippen LogP contribution in [0.1, 0.15) is 18.7 Å². The first-order valence-corrected chi connectivity index (χ1v) is 4.65. The van der Waals surface area contributed by atoms with E-state index < -0.39 is 24.9 Å². The molecule has 0 amide bonds. The van der Waals surface area contributed by atoms with Crippen LogP contribution in [0.4, 0.5) is 13.2 Å². The fraction of sp³-hybridized carbons (Fsp3) is 0.556. The van der Waals surface area contributed by atoms with Gasteiger partial charge < -0.3 is 10.4 Å². The number of aliphatic hydroxyl groups is 1. The highest BCUT2D eigenvalue weighted by Gasteiger charge is 2.37. The zero-order valence-corrected chi connectivity index (χ0v) is 8.57. The minimum atomic E-state index is -4.60.